The number of hydrogen-bond acceptors (Lipinski definition) is 3. The number of aliphatic hydroxyl groups is 1. The zero-order valence-corrected chi connectivity index (χ0v) is 10.5. The first kappa shape index (κ1) is 14.9. The standard InChI is InChI=1S/C12H28N2O/c1-3-5-9-13-14(10-6-4-2)11-7-8-12-15/h13,15H,3-12H2,1-2H3. The van der Waals surface area contributed by atoms with Gasteiger partial charge < -0.3 is 5.11 Å². The Kier molecular flexibility index (Phi) is 11.9. The Balaban J connectivity index is 3.53. The van der Waals surface area contributed by atoms with Gasteiger partial charge in [0.15, 0.2) is 0 Å². The van der Waals surface area contributed by atoms with Crippen molar-refractivity contribution < 1.29 is 5.11 Å². The summed E-state index contributed by atoms with van der Waals surface area (Å²) in [5.41, 5.74) is 3.47. The maximum atomic E-state index is 8.73. The predicted octanol–water partition coefficient (Wildman–Crippen LogP) is 2.17. The van der Waals surface area contributed by atoms with Crippen LogP contribution in [0.1, 0.15) is 52.4 Å². The Labute approximate surface area is 94.8 Å². The quantitative estimate of drug-likeness (QED) is 0.410. The molecule has 0 amide bonds. The highest BCUT2D eigenvalue weighted by atomic mass is 16.2. The van der Waals surface area contributed by atoms with Crippen LogP contribution in [0.3, 0.4) is 0 Å². The highest BCUT2D eigenvalue weighted by molar-refractivity contribution is 4.53. The molecule has 0 radical (unpaired) electrons. The van der Waals surface area contributed by atoms with Gasteiger partial charge in [0.25, 0.3) is 0 Å². The van der Waals surface area contributed by atoms with Gasteiger partial charge in [0, 0.05) is 26.2 Å². The molecule has 0 aliphatic rings. The molecule has 0 unspecified atom stereocenters. The van der Waals surface area contributed by atoms with Gasteiger partial charge in [-0.1, -0.05) is 26.7 Å². The van der Waals surface area contributed by atoms with Crippen LogP contribution >= 0.6 is 0 Å². The fourth-order valence-electron chi connectivity index (χ4n) is 1.45. The topological polar surface area (TPSA) is 35.5 Å². The van der Waals surface area contributed by atoms with Crippen molar-refractivity contribution >= 4 is 0 Å². The van der Waals surface area contributed by atoms with Crippen molar-refractivity contribution in [3.63, 3.8) is 0 Å². The smallest absolute Gasteiger partial charge is 0.0431 e. The number of hydrogen-bond donors (Lipinski definition) is 2. The summed E-state index contributed by atoms with van der Waals surface area (Å²) in [5.74, 6) is 0. The monoisotopic (exact) mass is 216 g/mol. The van der Waals surface area contributed by atoms with Crippen LogP contribution in [0.25, 0.3) is 0 Å². The van der Waals surface area contributed by atoms with Crippen molar-refractivity contribution in [3.8, 4) is 0 Å². The molecule has 0 atom stereocenters. The van der Waals surface area contributed by atoms with E-state index in [1.807, 2.05) is 0 Å². The van der Waals surface area contributed by atoms with E-state index in [2.05, 4.69) is 24.3 Å². The van der Waals surface area contributed by atoms with Gasteiger partial charge in [0.2, 0.25) is 0 Å². The van der Waals surface area contributed by atoms with Crippen molar-refractivity contribution in [2.75, 3.05) is 26.2 Å². The average Bonchev–Trinajstić information content (AvgIpc) is 2.25. The number of hydrazine groups is 1. The normalized spacial score (nSPS) is 11.2. The molecule has 0 aliphatic carbocycles. The molecule has 0 fully saturated rings. The van der Waals surface area contributed by atoms with Gasteiger partial charge in [-0.3, -0.25) is 5.43 Å². The Hall–Kier alpha value is -0.120. The molecule has 92 valence electrons. The third-order valence-electron chi connectivity index (χ3n) is 2.48. The van der Waals surface area contributed by atoms with E-state index < -0.39 is 0 Å². The van der Waals surface area contributed by atoms with Gasteiger partial charge in [-0.05, 0) is 25.7 Å². The lowest BCUT2D eigenvalue weighted by Gasteiger charge is -2.23. The Bertz CT molecular complexity index is 110. The summed E-state index contributed by atoms with van der Waals surface area (Å²) in [4.78, 5) is 0. The average molecular weight is 216 g/mol. The molecular formula is C12H28N2O. The van der Waals surface area contributed by atoms with Crippen LogP contribution in [0.15, 0.2) is 0 Å². The molecule has 15 heavy (non-hydrogen) atoms. The summed E-state index contributed by atoms with van der Waals surface area (Å²) >= 11 is 0. The van der Waals surface area contributed by atoms with E-state index in [4.69, 9.17) is 5.11 Å². The van der Waals surface area contributed by atoms with Crippen LogP contribution < -0.4 is 5.43 Å². The highest BCUT2D eigenvalue weighted by Crippen LogP contribution is 1.96. The van der Waals surface area contributed by atoms with Crippen LogP contribution in [0, 0.1) is 0 Å². The number of aliphatic hydroxyl groups excluding tert-OH is 1. The van der Waals surface area contributed by atoms with E-state index in [0.29, 0.717) is 6.61 Å². The predicted molar refractivity (Wildman–Crippen MR) is 65.7 cm³/mol. The van der Waals surface area contributed by atoms with Gasteiger partial charge in [-0.2, -0.15) is 0 Å². The first-order chi connectivity index (χ1) is 7.35. The molecule has 0 spiro atoms. The zero-order chi connectivity index (χ0) is 11.4. The summed E-state index contributed by atoms with van der Waals surface area (Å²) < 4.78 is 0. The largest absolute Gasteiger partial charge is 0.396 e. The second kappa shape index (κ2) is 12.0. The number of nitrogens with zero attached hydrogens (tertiary/aromatic N) is 1. The van der Waals surface area contributed by atoms with E-state index in [1.54, 1.807) is 0 Å². The minimum absolute atomic E-state index is 0.316. The minimum atomic E-state index is 0.316. The highest BCUT2D eigenvalue weighted by Gasteiger charge is 2.02. The van der Waals surface area contributed by atoms with Gasteiger partial charge in [0.1, 0.15) is 0 Å². The summed E-state index contributed by atoms with van der Waals surface area (Å²) in [7, 11) is 0. The van der Waals surface area contributed by atoms with Crippen molar-refractivity contribution in [2.24, 2.45) is 0 Å². The molecule has 0 bridgehead atoms. The zero-order valence-electron chi connectivity index (χ0n) is 10.5. The lowest BCUT2D eigenvalue weighted by atomic mass is 10.3. The first-order valence-corrected chi connectivity index (χ1v) is 6.44. The van der Waals surface area contributed by atoms with Crippen LogP contribution in [0.5, 0.6) is 0 Å². The molecule has 2 N–H and O–H groups in total. The molecular weight excluding hydrogens is 188 g/mol. The second-order valence-electron chi connectivity index (χ2n) is 4.03. The SMILES string of the molecule is CCCCNN(CCCC)CCCCO. The third-order valence-corrected chi connectivity index (χ3v) is 2.48. The molecule has 0 aromatic heterocycles. The van der Waals surface area contributed by atoms with Crippen molar-refractivity contribution in [3.05, 3.63) is 0 Å². The number of rotatable bonds is 11. The third kappa shape index (κ3) is 10.2. The molecule has 0 aromatic rings. The van der Waals surface area contributed by atoms with E-state index in [1.165, 1.54) is 25.7 Å². The first-order valence-electron chi connectivity index (χ1n) is 6.44. The van der Waals surface area contributed by atoms with Gasteiger partial charge in [0.05, 0.1) is 0 Å². The Morgan fingerprint density at radius 3 is 2.20 bits per heavy atom. The second-order valence-corrected chi connectivity index (χ2v) is 4.03. The molecule has 0 saturated carbocycles. The maximum absolute atomic E-state index is 8.73. The summed E-state index contributed by atoms with van der Waals surface area (Å²) in [6.45, 7) is 8.02. The fourth-order valence-corrected chi connectivity index (χ4v) is 1.45. The molecule has 0 aliphatic heterocycles. The molecule has 3 heteroatoms. The van der Waals surface area contributed by atoms with E-state index in [0.717, 1.165) is 32.5 Å². The van der Waals surface area contributed by atoms with Gasteiger partial charge in [-0.15, -0.1) is 0 Å². The fraction of sp³-hybridized carbons (Fsp3) is 1.00. The molecule has 0 rings (SSSR count). The van der Waals surface area contributed by atoms with Crippen molar-refractivity contribution in [2.45, 2.75) is 52.4 Å². The summed E-state index contributed by atoms with van der Waals surface area (Å²) in [6, 6.07) is 0. The lowest BCUT2D eigenvalue weighted by molar-refractivity contribution is 0.173. The van der Waals surface area contributed by atoms with Crippen molar-refractivity contribution in [1.82, 2.24) is 10.4 Å². The van der Waals surface area contributed by atoms with E-state index in [-0.39, 0.29) is 0 Å². The van der Waals surface area contributed by atoms with Gasteiger partial charge >= 0.3 is 0 Å². The Morgan fingerprint density at radius 2 is 1.60 bits per heavy atom. The van der Waals surface area contributed by atoms with Crippen LogP contribution in [0.2, 0.25) is 0 Å². The Morgan fingerprint density at radius 1 is 0.933 bits per heavy atom. The van der Waals surface area contributed by atoms with Crippen LogP contribution in [-0.4, -0.2) is 36.4 Å². The molecule has 0 aromatic carbocycles. The van der Waals surface area contributed by atoms with E-state index in [9.17, 15) is 0 Å². The number of nitrogens with one attached hydrogen (secondary N) is 1. The van der Waals surface area contributed by atoms with Crippen LogP contribution in [-0.2, 0) is 0 Å². The summed E-state index contributed by atoms with van der Waals surface area (Å²) in [5, 5.41) is 11.0. The van der Waals surface area contributed by atoms with E-state index >= 15 is 0 Å². The van der Waals surface area contributed by atoms with Crippen molar-refractivity contribution in [1.29, 1.82) is 0 Å². The van der Waals surface area contributed by atoms with Gasteiger partial charge in [-0.25, -0.2) is 5.01 Å². The molecule has 0 saturated heterocycles. The molecule has 3 nitrogen and oxygen atoms in total. The van der Waals surface area contributed by atoms with Crippen LogP contribution in [0.4, 0.5) is 0 Å². The maximum Gasteiger partial charge on any atom is 0.0431 e. The minimum Gasteiger partial charge on any atom is -0.396 e. The summed E-state index contributed by atoms with van der Waals surface area (Å²) in [6.07, 6.45) is 6.97. The number of unbranched alkanes of at least 4 members (excludes halogenated alkanes) is 3. The molecule has 0 heterocycles. The lowest BCUT2D eigenvalue weighted by Crippen LogP contribution is -2.40.